The van der Waals surface area contributed by atoms with Crippen LogP contribution in [0.3, 0.4) is 0 Å². The van der Waals surface area contributed by atoms with Crippen molar-refractivity contribution in [3.63, 3.8) is 0 Å². The van der Waals surface area contributed by atoms with Gasteiger partial charge < -0.3 is 4.57 Å². The van der Waals surface area contributed by atoms with E-state index >= 15 is 0 Å². The molecule has 160 valence electrons. The molecule has 1 aliphatic carbocycles. The van der Waals surface area contributed by atoms with Crippen LogP contribution in [0.15, 0.2) is 83.7 Å². The number of fused-ring (bicyclic) bond motifs is 1. The quantitative estimate of drug-likeness (QED) is 0.269. The molecule has 3 aromatic carbocycles. The molecule has 5 nitrogen and oxygen atoms in total. The molecule has 5 rings (SSSR count). The Labute approximate surface area is 186 Å². The highest BCUT2D eigenvalue weighted by molar-refractivity contribution is 5.92. The highest BCUT2D eigenvalue weighted by Crippen LogP contribution is 2.39. The summed E-state index contributed by atoms with van der Waals surface area (Å²) in [6.45, 7) is 0. The second kappa shape index (κ2) is 8.42. The van der Waals surface area contributed by atoms with E-state index in [0.717, 1.165) is 29.6 Å². The first kappa shape index (κ1) is 20.2. The van der Waals surface area contributed by atoms with Gasteiger partial charge in [0.2, 0.25) is 0 Å². The van der Waals surface area contributed by atoms with Crippen molar-refractivity contribution >= 4 is 16.6 Å². The van der Waals surface area contributed by atoms with Gasteiger partial charge in [-0.25, -0.2) is 0 Å². The molecule has 0 amide bonds. The Hall–Kier alpha value is -3.73. The lowest BCUT2D eigenvalue weighted by Gasteiger charge is -2.31. The van der Waals surface area contributed by atoms with E-state index in [-0.39, 0.29) is 11.1 Å². The number of nitro benzene ring substituents is 1. The zero-order chi connectivity index (χ0) is 22.1. The van der Waals surface area contributed by atoms with Crippen LogP contribution in [0.5, 0.6) is 0 Å². The summed E-state index contributed by atoms with van der Waals surface area (Å²) in [5.41, 5.74) is 4.12. The third kappa shape index (κ3) is 3.50. The lowest BCUT2D eigenvalue weighted by atomic mass is 9.91. The minimum absolute atomic E-state index is 0.0170. The molecular formula is C27H24N2O3. The number of benzene rings is 3. The number of nitrogens with zero attached hydrogens (tertiary/aromatic N) is 2. The Morgan fingerprint density at radius 3 is 2.12 bits per heavy atom. The van der Waals surface area contributed by atoms with Crippen LogP contribution in [-0.2, 0) is 0 Å². The first-order valence-corrected chi connectivity index (χ1v) is 11.1. The van der Waals surface area contributed by atoms with E-state index in [1.165, 1.54) is 31.4 Å². The fourth-order valence-corrected chi connectivity index (χ4v) is 4.97. The Kier molecular flexibility index (Phi) is 5.31. The average Bonchev–Trinajstić information content (AvgIpc) is 2.85. The Morgan fingerprint density at radius 1 is 0.781 bits per heavy atom. The first-order chi connectivity index (χ1) is 15.6. The van der Waals surface area contributed by atoms with Crippen LogP contribution in [0.2, 0.25) is 0 Å². The molecule has 1 aliphatic rings. The SMILES string of the molecule is O=c1c(-c2ccc([N+](=O)[O-])cc2)c(-c2ccccc2)n(C2CCCCC2)c2ccccc12. The number of hydrogen-bond donors (Lipinski definition) is 0. The molecule has 0 saturated heterocycles. The molecule has 1 saturated carbocycles. The first-order valence-electron chi connectivity index (χ1n) is 11.1. The summed E-state index contributed by atoms with van der Waals surface area (Å²) in [4.78, 5) is 24.6. The van der Waals surface area contributed by atoms with Crippen molar-refractivity contribution in [3.05, 3.63) is 99.2 Å². The number of para-hydroxylation sites is 1. The summed E-state index contributed by atoms with van der Waals surface area (Å²) < 4.78 is 2.36. The second-order valence-electron chi connectivity index (χ2n) is 8.40. The van der Waals surface area contributed by atoms with Gasteiger partial charge in [-0.15, -0.1) is 0 Å². The highest BCUT2D eigenvalue weighted by atomic mass is 16.6. The van der Waals surface area contributed by atoms with Gasteiger partial charge in [-0.1, -0.05) is 61.7 Å². The van der Waals surface area contributed by atoms with Crippen molar-refractivity contribution in [3.8, 4) is 22.4 Å². The zero-order valence-electron chi connectivity index (χ0n) is 17.7. The van der Waals surface area contributed by atoms with E-state index in [2.05, 4.69) is 4.57 Å². The maximum Gasteiger partial charge on any atom is 0.269 e. The van der Waals surface area contributed by atoms with Crippen LogP contribution in [-0.4, -0.2) is 9.49 Å². The van der Waals surface area contributed by atoms with Gasteiger partial charge >= 0.3 is 0 Å². The maximum absolute atomic E-state index is 13.8. The topological polar surface area (TPSA) is 65.1 Å². The Bertz CT molecular complexity index is 1340. The molecule has 0 bridgehead atoms. The molecule has 0 N–H and O–H groups in total. The van der Waals surface area contributed by atoms with Crippen LogP contribution in [0, 0.1) is 10.1 Å². The number of rotatable bonds is 4. The lowest BCUT2D eigenvalue weighted by Crippen LogP contribution is -2.21. The summed E-state index contributed by atoms with van der Waals surface area (Å²) in [6.07, 6.45) is 5.74. The summed E-state index contributed by atoms with van der Waals surface area (Å²) in [5, 5.41) is 11.9. The summed E-state index contributed by atoms with van der Waals surface area (Å²) in [5.74, 6) is 0. The molecule has 1 aromatic heterocycles. The second-order valence-corrected chi connectivity index (χ2v) is 8.40. The molecule has 32 heavy (non-hydrogen) atoms. The highest BCUT2D eigenvalue weighted by Gasteiger charge is 2.25. The fourth-order valence-electron chi connectivity index (χ4n) is 4.97. The number of aromatic nitrogens is 1. The van der Waals surface area contributed by atoms with Crippen LogP contribution in [0.1, 0.15) is 38.1 Å². The number of pyridine rings is 1. The van der Waals surface area contributed by atoms with Crippen molar-refractivity contribution in [2.75, 3.05) is 0 Å². The van der Waals surface area contributed by atoms with Gasteiger partial charge in [-0.2, -0.15) is 0 Å². The summed E-state index contributed by atoms with van der Waals surface area (Å²) >= 11 is 0. The number of hydrogen-bond acceptors (Lipinski definition) is 3. The van der Waals surface area contributed by atoms with E-state index in [9.17, 15) is 14.9 Å². The molecule has 0 unspecified atom stereocenters. The lowest BCUT2D eigenvalue weighted by molar-refractivity contribution is -0.384. The fraction of sp³-hybridized carbons (Fsp3) is 0.222. The maximum atomic E-state index is 13.8. The third-order valence-electron chi connectivity index (χ3n) is 6.47. The van der Waals surface area contributed by atoms with Crippen molar-refractivity contribution in [1.29, 1.82) is 0 Å². The van der Waals surface area contributed by atoms with Crippen molar-refractivity contribution in [2.24, 2.45) is 0 Å². The van der Waals surface area contributed by atoms with Crippen molar-refractivity contribution in [2.45, 2.75) is 38.1 Å². The Morgan fingerprint density at radius 2 is 1.44 bits per heavy atom. The normalized spacial score (nSPS) is 14.5. The van der Waals surface area contributed by atoms with Gasteiger partial charge in [0.25, 0.3) is 5.69 Å². The van der Waals surface area contributed by atoms with E-state index < -0.39 is 4.92 Å². The molecule has 5 heteroatoms. The van der Waals surface area contributed by atoms with Crippen LogP contribution < -0.4 is 5.43 Å². The Balaban J connectivity index is 1.89. The van der Waals surface area contributed by atoms with Crippen molar-refractivity contribution in [1.82, 2.24) is 4.57 Å². The van der Waals surface area contributed by atoms with Crippen molar-refractivity contribution < 1.29 is 4.92 Å². The standard InChI is InChI=1S/C27H24N2O3/c30-27-23-13-7-8-14-24(23)28(21-11-5-2-6-12-21)26(20-9-3-1-4-10-20)25(27)19-15-17-22(18-16-19)29(31)32/h1,3-4,7-10,13-18,21H,2,5-6,11-12H2. The van der Waals surface area contributed by atoms with E-state index in [1.54, 1.807) is 12.1 Å². The van der Waals surface area contributed by atoms with Gasteiger partial charge in [0, 0.05) is 23.6 Å². The number of non-ortho nitro benzene ring substituents is 1. The molecule has 1 fully saturated rings. The molecule has 0 spiro atoms. The van der Waals surface area contributed by atoms with E-state index in [0.29, 0.717) is 22.6 Å². The average molecular weight is 425 g/mol. The summed E-state index contributed by atoms with van der Waals surface area (Å²) in [7, 11) is 0. The van der Waals surface area contributed by atoms with Gasteiger partial charge in [0.15, 0.2) is 5.43 Å². The van der Waals surface area contributed by atoms with Crippen LogP contribution in [0.25, 0.3) is 33.3 Å². The van der Waals surface area contributed by atoms with Crippen LogP contribution in [0.4, 0.5) is 5.69 Å². The minimum atomic E-state index is -0.414. The number of nitro groups is 1. The zero-order valence-corrected chi connectivity index (χ0v) is 17.7. The minimum Gasteiger partial charge on any atom is -0.337 e. The van der Waals surface area contributed by atoms with Gasteiger partial charge in [0.1, 0.15) is 0 Å². The molecule has 4 aromatic rings. The monoisotopic (exact) mass is 424 g/mol. The summed E-state index contributed by atoms with van der Waals surface area (Å²) in [6, 6.07) is 24.5. The van der Waals surface area contributed by atoms with Gasteiger partial charge in [0.05, 0.1) is 21.7 Å². The third-order valence-corrected chi connectivity index (χ3v) is 6.47. The molecule has 0 atom stereocenters. The largest absolute Gasteiger partial charge is 0.337 e. The predicted octanol–water partition coefficient (Wildman–Crippen LogP) is 6.75. The molecule has 0 aliphatic heterocycles. The van der Waals surface area contributed by atoms with Crippen LogP contribution >= 0.6 is 0 Å². The van der Waals surface area contributed by atoms with Gasteiger partial charge in [-0.05, 0) is 48.2 Å². The van der Waals surface area contributed by atoms with E-state index in [4.69, 9.17) is 0 Å². The van der Waals surface area contributed by atoms with Gasteiger partial charge in [-0.3, -0.25) is 14.9 Å². The molecule has 1 heterocycles. The smallest absolute Gasteiger partial charge is 0.269 e. The molecule has 0 radical (unpaired) electrons. The predicted molar refractivity (Wildman–Crippen MR) is 128 cm³/mol. The van der Waals surface area contributed by atoms with E-state index in [1.807, 2.05) is 54.6 Å². The molecular weight excluding hydrogens is 400 g/mol.